The lowest BCUT2D eigenvalue weighted by Gasteiger charge is -2.36. The number of aliphatic hydroxyl groups is 1. The van der Waals surface area contributed by atoms with Crippen molar-refractivity contribution in [3.63, 3.8) is 0 Å². The lowest BCUT2D eigenvalue weighted by atomic mass is 9.94. The van der Waals surface area contributed by atoms with Gasteiger partial charge < -0.3 is 15.3 Å². The average molecular weight is 328 g/mol. The molecule has 1 fully saturated rings. The summed E-state index contributed by atoms with van der Waals surface area (Å²) in [7, 11) is 1.84. The number of rotatable bonds is 4. The van der Waals surface area contributed by atoms with Gasteiger partial charge in [0.25, 0.3) is 0 Å². The van der Waals surface area contributed by atoms with Crippen LogP contribution in [-0.4, -0.2) is 44.5 Å². The molecule has 2 heterocycles. The Kier molecular flexibility index (Phi) is 4.57. The molecule has 0 saturated carbocycles. The largest absolute Gasteiger partial charge is 0.394 e. The van der Waals surface area contributed by atoms with Gasteiger partial charge in [0.05, 0.1) is 17.8 Å². The molecule has 1 aromatic carbocycles. The third kappa shape index (κ3) is 2.89. The molecule has 1 aliphatic rings. The summed E-state index contributed by atoms with van der Waals surface area (Å²) in [6.07, 6.45) is 4.31. The van der Waals surface area contributed by atoms with Gasteiger partial charge in [-0.15, -0.1) is 0 Å². The predicted octanol–water partition coefficient (Wildman–Crippen LogP) is 2.86. The molecule has 1 unspecified atom stereocenters. The molecule has 0 aliphatic carbocycles. The molecule has 1 aliphatic heterocycles. The number of aryl methyl sites for hydroxylation is 1. The Balaban J connectivity index is 1.85. The maximum Gasteiger partial charge on any atom is 0.322 e. The molecule has 1 saturated heterocycles. The lowest BCUT2D eigenvalue weighted by molar-refractivity contribution is 0.0867. The summed E-state index contributed by atoms with van der Waals surface area (Å²) in [5.74, 6) is 0. The molecule has 2 aromatic rings. The van der Waals surface area contributed by atoms with E-state index in [4.69, 9.17) is 0 Å². The summed E-state index contributed by atoms with van der Waals surface area (Å²) in [6, 6.07) is 9.61. The maximum atomic E-state index is 12.8. The first-order valence-corrected chi connectivity index (χ1v) is 8.38. The first-order chi connectivity index (χ1) is 11.6. The summed E-state index contributed by atoms with van der Waals surface area (Å²) < 4.78 is 1.70. The second-order valence-electron chi connectivity index (χ2n) is 6.35. The van der Waals surface area contributed by atoms with Crippen LogP contribution >= 0.6 is 0 Å². The van der Waals surface area contributed by atoms with Crippen molar-refractivity contribution in [3.05, 3.63) is 36.5 Å². The molecule has 0 radical (unpaired) electrons. The smallest absolute Gasteiger partial charge is 0.322 e. The van der Waals surface area contributed by atoms with Crippen molar-refractivity contribution in [3.8, 4) is 11.3 Å². The number of amides is 2. The molecule has 0 spiro atoms. The van der Waals surface area contributed by atoms with Crippen LogP contribution in [0.5, 0.6) is 0 Å². The van der Waals surface area contributed by atoms with E-state index in [1.807, 2.05) is 50.5 Å². The molecule has 6 heteroatoms. The molecule has 2 amide bonds. The quantitative estimate of drug-likeness (QED) is 0.906. The number of urea groups is 1. The average Bonchev–Trinajstić information content (AvgIpc) is 3.19. The lowest BCUT2D eigenvalue weighted by Crippen LogP contribution is -2.51. The Bertz CT molecular complexity index is 707. The van der Waals surface area contributed by atoms with Crippen LogP contribution in [0, 0.1) is 0 Å². The molecule has 24 heavy (non-hydrogen) atoms. The monoisotopic (exact) mass is 328 g/mol. The Labute approximate surface area is 142 Å². The SMILES string of the molecule is CCC1(CO)CCCN1C(=O)Nc1cn(C)nc1-c1ccccc1. The van der Waals surface area contributed by atoms with Crippen LogP contribution in [0.3, 0.4) is 0 Å². The minimum absolute atomic E-state index is 0.00446. The highest BCUT2D eigenvalue weighted by Crippen LogP contribution is 2.33. The van der Waals surface area contributed by atoms with Crippen molar-refractivity contribution < 1.29 is 9.90 Å². The maximum absolute atomic E-state index is 12.8. The fourth-order valence-electron chi connectivity index (χ4n) is 3.47. The topological polar surface area (TPSA) is 70.4 Å². The zero-order chi connectivity index (χ0) is 17.2. The van der Waals surface area contributed by atoms with E-state index in [0.717, 1.165) is 30.5 Å². The summed E-state index contributed by atoms with van der Waals surface area (Å²) in [4.78, 5) is 14.6. The van der Waals surface area contributed by atoms with E-state index in [-0.39, 0.29) is 12.6 Å². The first-order valence-electron chi connectivity index (χ1n) is 8.38. The van der Waals surface area contributed by atoms with Crippen molar-refractivity contribution in [2.24, 2.45) is 7.05 Å². The van der Waals surface area contributed by atoms with Crippen LogP contribution < -0.4 is 5.32 Å². The van der Waals surface area contributed by atoms with Crippen LogP contribution in [0.1, 0.15) is 26.2 Å². The van der Waals surface area contributed by atoms with Crippen molar-refractivity contribution >= 4 is 11.7 Å². The van der Waals surface area contributed by atoms with Gasteiger partial charge in [-0.2, -0.15) is 5.10 Å². The number of carbonyl (C=O) groups excluding carboxylic acids is 1. The number of likely N-dealkylation sites (tertiary alicyclic amines) is 1. The van der Waals surface area contributed by atoms with E-state index < -0.39 is 5.54 Å². The van der Waals surface area contributed by atoms with Gasteiger partial charge in [0.2, 0.25) is 0 Å². The van der Waals surface area contributed by atoms with Crippen molar-refractivity contribution in [2.45, 2.75) is 31.7 Å². The van der Waals surface area contributed by atoms with Gasteiger partial charge in [0.1, 0.15) is 5.69 Å². The fourth-order valence-corrected chi connectivity index (χ4v) is 3.47. The molecule has 6 nitrogen and oxygen atoms in total. The zero-order valence-electron chi connectivity index (χ0n) is 14.2. The summed E-state index contributed by atoms with van der Waals surface area (Å²) >= 11 is 0. The zero-order valence-corrected chi connectivity index (χ0v) is 14.2. The van der Waals surface area contributed by atoms with Gasteiger partial charge in [-0.05, 0) is 19.3 Å². The van der Waals surface area contributed by atoms with Crippen LogP contribution in [0.25, 0.3) is 11.3 Å². The van der Waals surface area contributed by atoms with Crippen molar-refractivity contribution in [2.75, 3.05) is 18.5 Å². The van der Waals surface area contributed by atoms with Crippen LogP contribution in [-0.2, 0) is 7.05 Å². The molecular formula is C18H24N4O2. The number of nitrogens with zero attached hydrogens (tertiary/aromatic N) is 3. The summed E-state index contributed by atoms with van der Waals surface area (Å²) in [5, 5.41) is 17.3. The van der Waals surface area contributed by atoms with Gasteiger partial charge in [0, 0.05) is 25.4 Å². The van der Waals surface area contributed by atoms with E-state index in [9.17, 15) is 9.90 Å². The molecule has 1 aromatic heterocycles. The Morgan fingerprint density at radius 2 is 2.12 bits per heavy atom. The number of nitrogens with one attached hydrogen (secondary N) is 1. The van der Waals surface area contributed by atoms with Gasteiger partial charge in [0.15, 0.2) is 0 Å². The number of aromatic nitrogens is 2. The van der Waals surface area contributed by atoms with E-state index in [0.29, 0.717) is 12.2 Å². The number of hydrogen-bond acceptors (Lipinski definition) is 3. The third-order valence-corrected chi connectivity index (χ3v) is 4.91. The molecule has 0 bridgehead atoms. The number of carbonyl (C=O) groups is 1. The molecule has 128 valence electrons. The highest BCUT2D eigenvalue weighted by Gasteiger charge is 2.42. The van der Waals surface area contributed by atoms with Crippen LogP contribution in [0.2, 0.25) is 0 Å². The van der Waals surface area contributed by atoms with Gasteiger partial charge in [-0.25, -0.2) is 4.79 Å². The highest BCUT2D eigenvalue weighted by molar-refractivity contribution is 5.94. The van der Waals surface area contributed by atoms with E-state index in [1.54, 1.807) is 9.58 Å². The number of hydrogen-bond donors (Lipinski definition) is 2. The van der Waals surface area contributed by atoms with Crippen LogP contribution in [0.4, 0.5) is 10.5 Å². The van der Waals surface area contributed by atoms with Gasteiger partial charge >= 0.3 is 6.03 Å². The normalized spacial score (nSPS) is 20.4. The minimum Gasteiger partial charge on any atom is -0.394 e. The standard InChI is InChI=1S/C18H24N4O2/c1-3-18(13-23)10-7-11-22(18)17(24)19-15-12-21(2)20-16(15)14-8-5-4-6-9-14/h4-6,8-9,12,23H,3,7,10-11,13H2,1-2H3,(H,19,24). The molecule has 1 atom stereocenters. The van der Waals surface area contributed by atoms with E-state index in [2.05, 4.69) is 10.4 Å². The summed E-state index contributed by atoms with van der Waals surface area (Å²) in [5.41, 5.74) is 1.94. The van der Waals surface area contributed by atoms with Crippen LogP contribution in [0.15, 0.2) is 36.5 Å². The Hall–Kier alpha value is -2.34. The highest BCUT2D eigenvalue weighted by atomic mass is 16.3. The second kappa shape index (κ2) is 6.65. The number of aliphatic hydroxyl groups excluding tert-OH is 1. The fraction of sp³-hybridized carbons (Fsp3) is 0.444. The van der Waals surface area contributed by atoms with Crippen molar-refractivity contribution in [1.82, 2.24) is 14.7 Å². The van der Waals surface area contributed by atoms with E-state index in [1.165, 1.54) is 0 Å². The van der Waals surface area contributed by atoms with Crippen molar-refractivity contribution in [1.29, 1.82) is 0 Å². The molecular weight excluding hydrogens is 304 g/mol. The van der Waals surface area contributed by atoms with E-state index >= 15 is 0 Å². The van der Waals surface area contributed by atoms with Gasteiger partial charge in [-0.3, -0.25) is 4.68 Å². The minimum atomic E-state index is -0.445. The van der Waals surface area contributed by atoms with Gasteiger partial charge in [-0.1, -0.05) is 37.3 Å². The summed E-state index contributed by atoms with van der Waals surface area (Å²) in [6.45, 7) is 2.68. The second-order valence-corrected chi connectivity index (χ2v) is 6.35. The number of benzene rings is 1. The predicted molar refractivity (Wildman–Crippen MR) is 93.7 cm³/mol. The Morgan fingerprint density at radius 3 is 2.79 bits per heavy atom. The third-order valence-electron chi connectivity index (χ3n) is 4.91. The molecule has 2 N–H and O–H groups in total. The Morgan fingerprint density at radius 1 is 1.38 bits per heavy atom. The molecule has 3 rings (SSSR count). The number of anilines is 1. The first kappa shape index (κ1) is 16.5.